The molecule has 21 heavy (non-hydrogen) atoms. The predicted molar refractivity (Wildman–Crippen MR) is 85.3 cm³/mol. The third-order valence-electron chi connectivity index (χ3n) is 2.97. The third kappa shape index (κ3) is 3.33. The van der Waals surface area contributed by atoms with E-state index >= 15 is 0 Å². The van der Waals surface area contributed by atoms with Crippen molar-refractivity contribution in [3.05, 3.63) is 64.9 Å². The lowest BCUT2D eigenvalue weighted by Gasteiger charge is -2.04. The van der Waals surface area contributed by atoms with Gasteiger partial charge in [0.25, 0.3) is 0 Å². The summed E-state index contributed by atoms with van der Waals surface area (Å²) in [5.41, 5.74) is 1.47. The van der Waals surface area contributed by atoms with Gasteiger partial charge in [0.05, 0.1) is 0 Å². The molecule has 5 heteroatoms. The van der Waals surface area contributed by atoms with E-state index in [1.807, 2.05) is 18.2 Å². The van der Waals surface area contributed by atoms with E-state index in [1.54, 1.807) is 0 Å². The Morgan fingerprint density at radius 1 is 1.05 bits per heavy atom. The molecule has 0 aliphatic rings. The SMILES string of the molecule is N#Cc1cc(Cl)nc(SCc2ccc3ccccc3c2)n1. The topological polar surface area (TPSA) is 49.6 Å². The van der Waals surface area contributed by atoms with Gasteiger partial charge in [-0.2, -0.15) is 5.26 Å². The van der Waals surface area contributed by atoms with E-state index in [-0.39, 0.29) is 5.69 Å². The van der Waals surface area contributed by atoms with Crippen LogP contribution < -0.4 is 0 Å². The average Bonchev–Trinajstić information content (AvgIpc) is 2.52. The summed E-state index contributed by atoms with van der Waals surface area (Å²) in [5, 5.41) is 12.1. The molecular formula is C16H10ClN3S. The Morgan fingerprint density at radius 3 is 2.67 bits per heavy atom. The van der Waals surface area contributed by atoms with Crippen molar-refractivity contribution in [1.29, 1.82) is 5.26 Å². The molecule has 3 aromatic rings. The molecule has 102 valence electrons. The van der Waals surface area contributed by atoms with Gasteiger partial charge in [0.15, 0.2) is 5.16 Å². The minimum Gasteiger partial charge on any atom is -0.212 e. The van der Waals surface area contributed by atoms with Gasteiger partial charge in [-0.1, -0.05) is 65.8 Å². The minimum absolute atomic E-state index is 0.288. The second-order valence-corrected chi connectivity index (χ2v) is 5.77. The molecule has 0 N–H and O–H groups in total. The highest BCUT2D eigenvalue weighted by Gasteiger charge is 2.05. The van der Waals surface area contributed by atoms with Gasteiger partial charge in [-0.3, -0.25) is 0 Å². The fraction of sp³-hybridized carbons (Fsp3) is 0.0625. The number of nitriles is 1. The highest BCUT2D eigenvalue weighted by molar-refractivity contribution is 7.98. The molecule has 3 nitrogen and oxygen atoms in total. The summed E-state index contributed by atoms with van der Waals surface area (Å²) in [5.74, 6) is 0.732. The molecular weight excluding hydrogens is 302 g/mol. The molecule has 0 unspecified atom stereocenters. The van der Waals surface area contributed by atoms with Crippen LogP contribution in [-0.4, -0.2) is 9.97 Å². The van der Waals surface area contributed by atoms with Crippen LogP contribution in [0.1, 0.15) is 11.3 Å². The van der Waals surface area contributed by atoms with Crippen molar-refractivity contribution in [2.45, 2.75) is 10.9 Å². The second kappa shape index (κ2) is 6.13. The number of fused-ring (bicyclic) bond motifs is 1. The van der Waals surface area contributed by atoms with Gasteiger partial charge in [-0.15, -0.1) is 0 Å². The Bertz CT molecular complexity index is 842. The van der Waals surface area contributed by atoms with E-state index in [4.69, 9.17) is 16.9 Å². The van der Waals surface area contributed by atoms with Gasteiger partial charge < -0.3 is 0 Å². The minimum atomic E-state index is 0.288. The zero-order valence-corrected chi connectivity index (χ0v) is 12.5. The summed E-state index contributed by atoms with van der Waals surface area (Å²) in [6, 6.07) is 18.0. The number of rotatable bonds is 3. The summed E-state index contributed by atoms with van der Waals surface area (Å²) in [6.45, 7) is 0. The quantitative estimate of drug-likeness (QED) is 0.407. The fourth-order valence-electron chi connectivity index (χ4n) is 2.00. The van der Waals surface area contributed by atoms with Gasteiger partial charge in [-0.05, 0) is 16.3 Å². The van der Waals surface area contributed by atoms with Crippen LogP contribution >= 0.6 is 23.4 Å². The molecule has 3 rings (SSSR count). The summed E-state index contributed by atoms with van der Waals surface area (Å²) in [4.78, 5) is 8.26. The summed E-state index contributed by atoms with van der Waals surface area (Å²) in [7, 11) is 0. The molecule has 0 saturated heterocycles. The van der Waals surface area contributed by atoms with E-state index in [1.165, 1.54) is 34.2 Å². The number of nitrogens with zero attached hydrogens (tertiary/aromatic N) is 3. The van der Waals surface area contributed by atoms with Crippen LogP contribution in [0.2, 0.25) is 5.15 Å². The Hall–Kier alpha value is -2.09. The first-order valence-corrected chi connectivity index (χ1v) is 7.66. The van der Waals surface area contributed by atoms with Gasteiger partial charge in [0.1, 0.15) is 16.9 Å². The first-order chi connectivity index (χ1) is 10.2. The zero-order valence-electron chi connectivity index (χ0n) is 11.0. The van der Waals surface area contributed by atoms with E-state index in [0.29, 0.717) is 10.3 Å². The number of halogens is 1. The number of aromatic nitrogens is 2. The number of hydrogen-bond donors (Lipinski definition) is 0. The first-order valence-electron chi connectivity index (χ1n) is 6.30. The summed E-state index contributed by atoms with van der Waals surface area (Å²) in [6.07, 6.45) is 0. The normalized spacial score (nSPS) is 10.5. The highest BCUT2D eigenvalue weighted by Crippen LogP contribution is 2.23. The first kappa shape index (κ1) is 13.9. The molecule has 0 fully saturated rings. The van der Waals surface area contributed by atoms with Crippen molar-refractivity contribution in [1.82, 2.24) is 9.97 Å². The van der Waals surface area contributed by atoms with Crippen molar-refractivity contribution in [3.8, 4) is 6.07 Å². The number of benzene rings is 2. The smallest absolute Gasteiger partial charge is 0.190 e. The lowest BCUT2D eigenvalue weighted by molar-refractivity contribution is 0.952. The van der Waals surface area contributed by atoms with Crippen molar-refractivity contribution in [2.75, 3.05) is 0 Å². The molecule has 0 atom stereocenters. The van der Waals surface area contributed by atoms with Crippen molar-refractivity contribution < 1.29 is 0 Å². The fourth-order valence-corrected chi connectivity index (χ4v) is 3.03. The second-order valence-electron chi connectivity index (χ2n) is 4.44. The van der Waals surface area contributed by atoms with Gasteiger partial charge in [0.2, 0.25) is 0 Å². The van der Waals surface area contributed by atoms with Crippen LogP contribution in [0.5, 0.6) is 0 Å². The van der Waals surface area contributed by atoms with Crippen LogP contribution in [-0.2, 0) is 5.75 Å². The Balaban J connectivity index is 1.80. The van der Waals surface area contributed by atoms with Crippen molar-refractivity contribution in [2.24, 2.45) is 0 Å². The van der Waals surface area contributed by atoms with Gasteiger partial charge in [0, 0.05) is 11.8 Å². The van der Waals surface area contributed by atoms with Crippen LogP contribution in [0, 0.1) is 11.3 Å². The molecule has 1 aromatic heterocycles. The number of hydrogen-bond acceptors (Lipinski definition) is 4. The lowest BCUT2D eigenvalue weighted by atomic mass is 10.1. The molecule has 0 saturated carbocycles. The predicted octanol–water partition coefficient (Wildman–Crippen LogP) is 4.45. The van der Waals surface area contributed by atoms with Crippen LogP contribution in [0.25, 0.3) is 10.8 Å². The number of thioether (sulfide) groups is 1. The molecule has 0 bridgehead atoms. The molecule has 0 aliphatic heterocycles. The van der Waals surface area contributed by atoms with Crippen LogP contribution in [0.15, 0.2) is 53.7 Å². The highest BCUT2D eigenvalue weighted by atomic mass is 35.5. The molecule has 0 aliphatic carbocycles. The van der Waals surface area contributed by atoms with Gasteiger partial charge in [-0.25, -0.2) is 9.97 Å². The molecule has 0 spiro atoms. The summed E-state index contributed by atoms with van der Waals surface area (Å²) < 4.78 is 0. The van der Waals surface area contributed by atoms with E-state index < -0.39 is 0 Å². The maximum atomic E-state index is 8.88. The van der Waals surface area contributed by atoms with Crippen LogP contribution in [0.4, 0.5) is 0 Å². The Labute approximate surface area is 131 Å². The van der Waals surface area contributed by atoms with E-state index in [2.05, 4.69) is 40.3 Å². The Morgan fingerprint density at radius 2 is 1.86 bits per heavy atom. The molecule has 0 radical (unpaired) electrons. The zero-order chi connectivity index (χ0) is 14.7. The standard InChI is InChI=1S/C16H10ClN3S/c17-15-8-14(9-18)19-16(20-15)21-10-11-5-6-12-3-1-2-4-13(12)7-11/h1-8H,10H2. The maximum absolute atomic E-state index is 8.88. The Kier molecular flexibility index (Phi) is 4.05. The van der Waals surface area contributed by atoms with Crippen LogP contribution in [0.3, 0.4) is 0 Å². The maximum Gasteiger partial charge on any atom is 0.190 e. The average molecular weight is 312 g/mol. The van der Waals surface area contributed by atoms with Crippen molar-refractivity contribution >= 4 is 34.1 Å². The third-order valence-corrected chi connectivity index (χ3v) is 4.08. The molecule has 0 amide bonds. The monoisotopic (exact) mass is 311 g/mol. The van der Waals surface area contributed by atoms with Gasteiger partial charge >= 0.3 is 0 Å². The van der Waals surface area contributed by atoms with E-state index in [9.17, 15) is 0 Å². The molecule has 2 aromatic carbocycles. The van der Waals surface area contributed by atoms with E-state index in [0.717, 1.165) is 5.75 Å². The summed E-state index contributed by atoms with van der Waals surface area (Å²) >= 11 is 7.34. The lowest BCUT2D eigenvalue weighted by Crippen LogP contribution is -1.92. The van der Waals surface area contributed by atoms with Crippen molar-refractivity contribution in [3.63, 3.8) is 0 Å². The largest absolute Gasteiger partial charge is 0.212 e. The molecule has 1 heterocycles.